The molecule has 0 fully saturated rings. The van der Waals surface area contributed by atoms with Crippen molar-refractivity contribution < 1.29 is 0 Å². The molecule has 0 nitrogen and oxygen atoms in total. The van der Waals surface area contributed by atoms with E-state index in [0.717, 1.165) is 0 Å². The Labute approximate surface area is 99.9 Å². The first kappa shape index (κ1) is 9.79. The molecule has 1 heterocycles. The first-order valence-corrected chi connectivity index (χ1v) is 8.95. The molecule has 0 amide bonds. The van der Waals surface area contributed by atoms with Crippen LogP contribution in [0, 0.1) is 0 Å². The van der Waals surface area contributed by atoms with Gasteiger partial charge in [-0.15, -0.1) is 0 Å². The fourth-order valence-electron chi connectivity index (χ4n) is 2.00. The molecule has 2 aromatic carbocycles. The summed E-state index contributed by atoms with van der Waals surface area (Å²) in [6, 6.07) is 19.5. The van der Waals surface area contributed by atoms with Crippen LogP contribution >= 0.6 is 0 Å². The summed E-state index contributed by atoms with van der Waals surface area (Å²) in [6.07, 6.45) is 2.29. The molecule has 0 N–H and O–H groups in total. The molecule has 0 aromatic heterocycles. The molecule has 2 aromatic rings. The Bertz CT molecular complexity index is 565. The van der Waals surface area contributed by atoms with Crippen LogP contribution in [0.15, 0.2) is 59.5 Å². The fraction of sp³-hybridized carbons (Fsp3) is 0. The topological polar surface area (TPSA) is 0 Å². The van der Waals surface area contributed by atoms with Crippen LogP contribution in [-0.4, -0.2) is 18.8 Å². The van der Waals surface area contributed by atoms with E-state index in [1.54, 1.807) is 0 Å². The Balaban J connectivity index is 2.09. The van der Waals surface area contributed by atoms with E-state index in [-0.39, 0.29) is 0 Å². The second-order valence-electron chi connectivity index (χ2n) is 3.93. The van der Waals surface area contributed by atoms with Crippen LogP contribution < -0.4 is 4.40 Å². The van der Waals surface area contributed by atoms with Crippen molar-refractivity contribution in [2.45, 2.75) is 0 Å². The van der Waals surface area contributed by atoms with Crippen LogP contribution in [0.3, 0.4) is 0 Å². The Morgan fingerprint density at radius 1 is 0.688 bits per heavy atom. The molecule has 0 spiro atoms. The molecule has 0 saturated carbocycles. The van der Waals surface area contributed by atoms with Gasteiger partial charge in [0.05, 0.1) is 0 Å². The van der Waals surface area contributed by atoms with Gasteiger partial charge in [0, 0.05) is 0 Å². The zero-order valence-electron chi connectivity index (χ0n) is 8.93. The standard InChI is InChI=1S/C15H12Ge/c1-2-8-15(9-3-1)16-11-10-13-6-4-5-7-14(13)12-16/h1-12H. The van der Waals surface area contributed by atoms with E-state index in [1.807, 2.05) is 0 Å². The van der Waals surface area contributed by atoms with E-state index in [1.165, 1.54) is 15.5 Å². The zero-order chi connectivity index (χ0) is 10.8. The molecule has 1 aliphatic rings. The van der Waals surface area contributed by atoms with Gasteiger partial charge in [0.2, 0.25) is 0 Å². The van der Waals surface area contributed by atoms with Crippen LogP contribution in [0.4, 0.5) is 0 Å². The van der Waals surface area contributed by atoms with Crippen molar-refractivity contribution in [2.75, 3.05) is 0 Å². The molecular formula is C15H12Ge. The monoisotopic (exact) mass is 266 g/mol. The van der Waals surface area contributed by atoms with Gasteiger partial charge in [0.1, 0.15) is 0 Å². The molecule has 0 atom stereocenters. The normalized spacial score (nSPS) is 13.1. The maximum absolute atomic E-state index is 2.49. The molecule has 0 radical (unpaired) electrons. The van der Waals surface area contributed by atoms with Crippen LogP contribution in [0.2, 0.25) is 0 Å². The summed E-state index contributed by atoms with van der Waals surface area (Å²) in [4.78, 5) is 4.92. The van der Waals surface area contributed by atoms with Gasteiger partial charge in [0.15, 0.2) is 0 Å². The SMILES string of the molecule is C1=[CH][Ge]([c]2ccccc2)=[CH]c2ccccc21. The van der Waals surface area contributed by atoms with Crippen LogP contribution in [-0.2, 0) is 0 Å². The van der Waals surface area contributed by atoms with Crippen molar-refractivity contribution in [3.8, 4) is 0 Å². The molecular weight excluding hydrogens is 253 g/mol. The van der Waals surface area contributed by atoms with Crippen LogP contribution in [0.5, 0.6) is 0 Å². The van der Waals surface area contributed by atoms with Crippen molar-refractivity contribution in [1.82, 2.24) is 0 Å². The average molecular weight is 265 g/mol. The number of hydrogen-bond donors (Lipinski definition) is 0. The van der Waals surface area contributed by atoms with E-state index in [2.05, 4.69) is 70.4 Å². The second kappa shape index (κ2) is 4.22. The van der Waals surface area contributed by atoms with Crippen LogP contribution in [0.1, 0.15) is 11.1 Å². The summed E-state index contributed by atoms with van der Waals surface area (Å²) >= 11 is -1.32. The Morgan fingerprint density at radius 2 is 1.38 bits per heavy atom. The van der Waals surface area contributed by atoms with Gasteiger partial charge in [-0.05, 0) is 0 Å². The maximum atomic E-state index is 2.49. The molecule has 1 aliphatic heterocycles. The van der Waals surface area contributed by atoms with E-state index < -0.39 is 13.9 Å². The Morgan fingerprint density at radius 3 is 2.19 bits per heavy atom. The fourth-order valence-corrected chi connectivity index (χ4v) is 6.17. The summed E-state index contributed by atoms with van der Waals surface area (Å²) in [5.41, 5.74) is 2.76. The quantitative estimate of drug-likeness (QED) is 0.694. The predicted molar refractivity (Wildman–Crippen MR) is 72.5 cm³/mol. The van der Waals surface area contributed by atoms with Gasteiger partial charge in [-0.3, -0.25) is 0 Å². The Kier molecular flexibility index (Phi) is 2.58. The third kappa shape index (κ3) is 1.81. The van der Waals surface area contributed by atoms with Crippen molar-refractivity contribution in [3.05, 3.63) is 70.6 Å². The van der Waals surface area contributed by atoms with Gasteiger partial charge < -0.3 is 0 Å². The van der Waals surface area contributed by atoms with E-state index >= 15 is 0 Å². The van der Waals surface area contributed by atoms with Crippen molar-refractivity contribution in [3.63, 3.8) is 0 Å². The average Bonchev–Trinajstić information content (AvgIpc) is 2.39. The molecule has 0 saturated heterocycles. The van der Waals surface area contributed by atoms with E-state index in [4.69, 9.17) is 0 Å². The van der Waals surface area contributed by atoms with Gasteiger partial charge in [-0.2, -0.15) is 0 Å². The summed E-state index contributed by atoms with van der Waals surface area (Å²) in [7, 11) is 0. The summed E-state index contributed by atoms with van der Waals surface area (Å²) < 4.78 is 1.52. The van der Waals surface area contributed by atoms with Gasteiger partial charge >= 0.3 is 99.9 Å². The molecule has 1 heteroatoms. The minimum absolute atomic E-state index is 1.32. The van der Waals surface area contributed by atoms with Crippen molar-refractivity contribution >= 4 is 29.2 Å². The Hall–Kier alpha value is -1.41. The zero-order valence-corrected chi connectivity index (χ0v) is 11.0. The number of rotatable bonds is 1. The summed E-state index contributed by atoms with van der Waals surface area (Å²) in [6.45, 7) is 0. The first-order chi connectivity index (χ1) is 7.93. The molecule has 0 bridgehead atoms. The molecule has 3 rings (SSSR count). The summed E-state index contributed by atoms with van der Waals surface area (Å²) in [5, 5.41) is 0. The van der Waals surface area contributed by atoms with Gasteiger partial charge in [-0.1, -0.05) is 0 Å². The number of fused-ring (bicyclic) bond motifs is 1. The van der Waals surface area contributed by atoms with E-state index in [0.29, 0.717) is 0 Å². The summed E-state index contributed by atoms with van der Waals surface area (Å²) in [5.74, 6) is 0. The number of benzene rings is 2. The predicted octanol–water partition coefficient (Wildman–Crippen LogP) is 2.39. The molecule has 0 unspecified atom stereocenters. The van der Waals surface area contributed by atoms with Gasteiger partial charge in [-0.25, -0.2) is 0 Å². The van der Waals surface area contributed by atoms with E-state index in [9.17, 15) is 0 Å². The number of hydrogen-bond acceptors (Lipinski definition) is 0. The molecule has 16 heavy (non-hydrogen) atoms. The molecule has 0 aliphatic carbocycles. The minimum atomic E-state index is -1.32. The van der Waals surface area contributed by atoms with Gasteiger partial charge in [0.25, 0.3) is 0 Å². The second-order valence-corrected chi connectivity index (χ2v) is 8.35. The van der Waals surface area contributed by atoms with Crippen LogP contribution in [0.25, 0.3) is 6.08 Å². The first-order valence-electron chi connectivity index (χ1n) is 5.48. The third-order valence-corrected chi connectivity index (χ3v) is 7.36. The molecule has 76 valence electrons. The van der Waals surface area contributed by atoms with Crippen molar-refractivity contribution in [2.24, 2.45) is 0 Å². The third-order valence-electron chi connectivity index (χ3n) is 2.86. The van der Waals surface area contributed by atoms with Crippen molar-refractivity contribution in [1.29, 1.82) is 0 Å².